The average Bonchev–Trinajstić information content (AvgIpc) is 2.19. The van der Waals surface area contributed by atoms with E-state index in [1.807, 2.05) is 0 Å². The molecule has 10 heavy (non-hydrogen) atoms. The standard InChI is InChI=1S/C5H7Cl2NO2/c1-5(2-6)3-10-4(9)8(5)7/h2-3H2,1H3. The second-order valence-electron chi connectivity index (χ2n) is 2.47. The summed E-state index contributed by atoms with van der Waals surface area (Å²) in [5, 5.41) is 0. The summed E-state index contributed by atoms with van der Waals surface area (Å²) >= 11 is 11.1. The molecule has 1 fully saturated rings. The predicted octanol–water partition coefficient (Wildman–Crippen LogP) is 1.59. The molecule has 1 amide bonds. The lowest BCUT2D eigenvalue weighted by Gasteiger charge is -2.22. The zero-order valence-corrected chi connectivity index (χ0v) is 6.95. The summed E-state index contributed by atoms with van der Waals surface area (Å²) in [6.07, 6.45) is -0.523. The van der Waals surface area contributed by atoms with Crippen LogP contribution in [0.3, 0.4) is 0 Å². The van der Waals surface area contributed by atoms with Gasteiger partial charge in [-0.2, -0.15) is 0 Å². The molecular formula is C5H7Cl2NO2. The fourth-order valence-electron chi connectivity index (χ4n) is 0.642. The summed E-state index contributed by atoms with van der Waals surface area (Å²) in [4.78, 5) is 10.7. The summed E-state index contributed by atoms with van der Waals surface area (Å²) < 4.78 is 5.64. The highest BCUT2D eigenvalue weighted by atomic mass is 35.5. The number of alkyl halides is 1. The second kappa shape index (κ2) is 2.47. The summed E-state index contributed by atoms with van der Waals surface area (Å²) in [7, 11) is 0. The molecule has 1 unspecified atom stereocenters. The molecule has 0 spiro atoms. The largest absolute Gasteiger partial charge is 0.446 e. The Hall–Kier alpha value is -0.150. The number of cyclic esters (lactones) is 1. The third-order valence-corrected chi connectivity index (χ3v) is 2.55. The van der Waals surface area contributed by atoms with Crippen molar-refractivity contribution >= 4 is 29.5 Å². The maximum Gasteiger partial charge on any atom is 0.425 e. The van der Waals surface area contributed by atoms with Gasteiger partial charge in [-0.3, -0.25) is 0 Å². The smallest absolute Gasteiger partial charge is 0.425 e. The van der Waals surface area contributed by atoms with E-state index in [0.29, 0.717) is 0 Å². The molecule has 0 bridgehead atoms. The van der Waals surface area contributed by atoms with Gasteiger partial charge in [0.15, 0.2) is 0 Å². The van der Waals surface area contributed by atoms with Gasteiger partial charge in [-0.25, -0.2) is 9.21 Å². The molecule has 0 radical (unpaired) electrons. The monoisotopic (exact) mass is 183 g/mol. The van der Waals surface area contributed by atoms with E-state index in [1.165, 1.54) is 0 Å². The van der Waals surface area contributed by atoms with Gasteiger partial charge in [-0.05, 0) is 6.92 Å². The Balaban J connectivity index is 2.73. The van der Waals surface area contributed by atoms with Crippen LogP contribution in [0.15, 0.2) is 0 Å². The highest BCUT2D eigenvalue weighted by molar-refractivity contribution is 6.23. The van der Waals surface area contributed by atoms with Crippen molar-refractivity contribution in [1.82, 2.24) is 4.42 Å². The van der Waals surface area contributed by atoms with Crippen molar-refractivity contribution in [2.45, 2.75) is 12.5 Å². The van der Waals surface area contributed by atoms with E-state index in [9.17, 15) is 4.79 Å². The van der Waals surface area contributed by atoms with Gasteiger partial charge in [0.05, 0.1) is 5.88 Å². The van der Waals surface area contributed by atoms with Gasteiger partial charge in [-0.1, -0.05) is 0 Å². The molecule has 1 aliphatic rings. The number of ether oxygens (including phenoxy) is 1. The molecular weight excluding hydrogens is 177 g/mol. The van der Waals surface area contributed by atoms with E-state index in [0.717, 1.165) is 4.42 Å². The van der Waals surface area contributed by atoms with Crippen molar-refractivity contribution in [2.75, 3.05) is 12.5 Å². The fourth-order valence-corrected chi connectivity index (χ4v) is 1.06. The molecule has 0 aromatic rings. The first-order valence-electron chi connectivity index (χ1n) is 2.79. The predicted molar refractivity (Wildman–Crippen MR) is 38.2 cm³/mol. The minimum Gasteiger partial charge on any atom is -0.446 e. The van der Waals surface area contributed by atoms with Crippen molar-refractivity contribution in [3.8, 4) is 0 Å². The van der Waals surface area contributed by atoms with Crippen molar-refractivity contribution in [1.29, 1.82) is 0 Å². The third kappa shape index (κ3) is 1.04. The van der Waals surface area contributed by atoms with Crippen LogP contribution >= 0.6 is 23.4 Å². The molecule has 0 saturated carbocycles. The van der Waals surface area contributed by atoms with Crippen LogP contribution in [-0.4, -0.2) is 28.5 Å². The number of carbonyl (C=O) groups is 1. The maximum atomic E-state index is 10.7. The van der Waals surface area contributed by atoms with E-state index in [1.54, 1.807) is 6.92 Å². The van der Waals surface area contributed by atoms with Crippen molar-refractivity contribution in [3.05, 3.63) is 0 Å². The lowest BCUT2D eigenvalue weighted by molar-refractivity contribution is 0.170. The van der Waals surface area contributed by atoms with Crippen LogP contribution in [0.2, 0.25) is 0 Å². The summed E-state index contributed by atoms with van der Waals surface area (Å²) in [6, 6.07) is 0. The number of carbonyl (C=O) groups excluding carboxylic acids is 1. The Morgan fingerprint density at radius 1 is 1.90 bits per heavy atom. The van der Waals surface area contributed by atoms with Gasteiger partial charge in [0.2, 0.25) is 0 Å². The molecule has 3 nitrogen and oxygen atoms in total. The van der Waals surface area contributed by atoms with Crippen LogP contribution in [-0.2, 0) is 4.74 Å². The van der Waals surface area contributed by atoms with Crippen molar-refractivity contribution in [3.63, 3.8) is 0 Å². The molecule has 1 heterocycles. The first-order chi connectivity index (χ1) is 4.60. The van der Waals surface area contributed by atoms with Crippen LogP contribution in [0.5, 0.6) is 0 Å². The van der Waals surface area contributed by atoms with Crippen LogP contribution < -0.4 is 0 Å². The SMILES string of the molecule is CC1(CCl)COC(=O)N1Cl. The highest BCUT2D eigenvalue weighted by Crippen LogP contribution is 2.26. The lowest BCUT2D eigenvalue weighted by atomic mass is 10.1. The van der Waals surface area contributed by atoms with Gasteiger partial charge in [0, 0.05) is 11.8 Å². The Bertz CT molecular complexity index is 164. The number of halogens is 2. The zero-order chi connectivity index (χ0) is 7.78. The summed E-state index contributed by atoms with van der Waals surface area (Å²) in [5.41, 5.74) is -0.541. The Morgan fingerprint density at radius 3 is 2.70 bits per heavy atom. The van der Waals surface area contributed by atoms with E-state index >= 15 is 0 Å². The first kappa shape index (κ1) is 7.95. The molecule has 0 aromatic heterocycles. The van der Waals surface area contributed by atoms with Crippen LogP contribution in [0.4, 0.5) is 4.79 Å². The molecule has 1 rings (SSSR count). The molecule has 1 saturated heterocycles. The Morgan fingerprint density at radius 2 is 2.50 bits per heavy atom. The van der Waals surface area contributed by atoms with Gasteiger partial charge in [-0.15, -0.1) is 11.6 Å². The van der Waals surface area contributed by atoms with Crippen LogP contribution in [0, 0.1) is 0 Å². The minimum absolute atomic E-state index is 0.263. The minimum atomic E-state index is -0.541. The van der Waals surface area contributed by atoms with Crippen molar-refractivity contribution in [2.24, 2.45) is 0 Å². The second-order valence-corrected chi connectivity index (χ2v) is 3.07. The Kier molecular flexibility index (Phi) is 1.97. The van der Waals surface area contributed by atoms with E-state index < -0.39 is 11.6 Å². The normalized spacial score (nSPS) is 32.7. The third-order valence-electron chi connectivity index (χ3n) is 1.43. The average molecular weight is 184 g/mol. The molecule has 1 atom stereocenters. The summed E-state index contributed by atoms with van der Waals surface area (Å²) in [6.45, 7) is 2.02. The molecule has 0 aromatic carbocycles. The fraction of sp³-hybridized carbons (Fsp3) is 0.800. The van der Waals surface area contributed by atoms with Gasteiger partial charge >= 0.3 is 6.09 Å². The van der Waals surface area contributed by atoms with Crippen LogP contribution in [0.1, 0.15) is 6.92 Å². The first-order valence-corrected chi connectivity index (χ1v) is 3.66. The van der Waals surface area contributed by atoms with Crippen molar-refractivity contribution < 1.29 is 9.53 Å². The summed E-state index contributed by atoms with van der Waals surface area (Å²) in [5.74, 6) is 0.280. The molecule has 1 aliphatic heterocycles. The number of rotatable bonds is 1. The lowest BCUT2D eigenvalue weighted by Crippen LogP contribution is -2.40. The van der Waals surface area contributed by atoms with E-state index in [4.69, 9.17) is 23.4 Å². The zero-order valence-electron chi connectivity index (χ0n) is 5.43. The number of hydrogen-bond donors (Lipinski definition) is 0. The maximum absolute atomic E-state index is 10.7. The molecule has 58 valence electrons. The van der Waals surface area contributed by atoms with Gasteiger partial charge < -0.3 is 4.74 Å². The molecule has 0 aliphatic carbocycles. The van der Waals surface area contributed by atoms with E-state index in [-0.39, 0.29) is 12.5 Å². The molecule has 5 heteroatoms. The molecule has 0 N–H and O–H groups in total. The number of amides is 1. The number of nitrogens with zero attached hydrogens (tertiary/aromatic N) is 1. The topological polar surface area (TPSA) is 29.5 Å². The van der Waals surface area contributed by atoms with Crippen LogP contribution in [0.25, 0.3) is 0 Å². The number of hydrogen-bond acceptors (Lipinski definition) is 2. The van der Waals surface area contributed by atoms with Gasteiger partial charge in [0.1, 0.15) is 12.1 Å². The van der Waals surface area contributed by atoms with Gasteiger partial charge in [0.25, 0.3) is 0 Å². The highest BCUT2D eigenvalue weighted by Gasteiger charge is 2.42. The quantitative estimate of drug-likeness (QED) is 0.457. The van der Waals surface area contributed by atoms with E-state index in [2.05, 4.69) is 4.74 Å². The Labute approximate surface area is 68.9 Å².